The predicted octanol–water partition coefficient (Wildman–Crippen LogP) is 3.97. The summed E-state index contributed by atoms with van der Waals surface area (Å²) in [5.41, 5.74) is 2.00. The van der Waals surface area contributed by atoms with Gasteiger partial charge in [-0.25, -0.2) is 4.79 Å². The third-order valence-corrected chi connectivity index (χ3v) is 3.28. The summed E-state index contributed by atoms with van der Waals surface area (Å²) in [4.78, 5) is 11.6. The molecule has 2 aromatic rings. The predicted molar refractivity (Wildman–Crippen MR) is 91.6 cm³/mol. The minimum absolute atomic E-state index is 0.146. The Balaban J connectivity index is 2.20. The van der Waals surface area contributed by atoms with E-state index in [2.05, 4.69) is 5.32 Å². The fraction of sp³-hybridized carbons (Fsp3) is 0.211. The van der Waals surface area contributed by atoms with Gasteiger partial charge in [-0.15, -0.1) is 0 Å². The number of anilines is 1. The van der Waals surface area contributed by atoms with Crippen molar-refractivity contribution in [1.82, 2.24) is 0 Å². The minimum Gasteiger partial charge on any atom is -0.497 e. The lowest BCUT2D eigenvalue weighted by atomic mass is 10.1. The van der Waals surface area contributed by atoms with Crippen LogP contribution in [0, 0.1) is 0 Å². The third-order valence-electron chi connectivity index (χ3n) is 3.28. The molecule has 0 aliphatic heterocycles. The number of esters is 1. The molecule has 0 heterocycles. The van der Waals surface area contributed by atoms with E-state index in [-0.39, 0.29) is 12.0 Å². The van der Waals surface area contributed by atoms with Crippen molar-refractivity contribution < 1.29 is 14.3 Å². The van der Waals surface area contributed by atoms with Gasteiger partial charge in [-0.05, 0) is 36.8 Å². The van der Waals surface area contributed by atoms with E-state index in [1.54, 1.807) is 20.1 Å². The lowest BCUT2D eigenvalue weighted by molar-refractivity contribution is -0.137. The zero-order valence-corrected chi connectivity index (χ0v) is 13.4. The molecule has 1 N–H and O–H groups in total. The number of hydrogen-bond donors (Lipinski definition) is 1. The Bertz CT molecular complexity index is 635. The maximum atomic E-state index is 11.6. The van der Waals surface area contributed by atoms with E-state index in [0.29, 0.717) is 6.61 Å². The normalized spacial score (nSPS) is 11.9. The van der Waals surface area contributed by atoms with Gasteiger partial charge in [0.15, 0.2) is 0 Å². The van der Waals surface area contributed by atoms with Gasteiger partial charge in [0.2, 0.25) is 0 Å². The van der Waals surface area contributed by atoms with Gasteiger partial charge in [-0.1, -0.05) is 36.4 Å². The topological polar surface area (TPSA) is 47.6 Å². The highest BCUT2D eigenvalue weighted by Crippen LogP contribution is 2.23. The van der Waals surface area contributed by atoms with Gasteiger partial charge >= 0.3 is 5.97 Å². The molecule has 0 saturated heterocycles. The summed E-state index contributed by atoms with van der Waals surface area (Å²) in [5.74, 6) is 0.447. The fourth-order valence-electron chi connectivity index (χ4n) is 2.13. The first-order valence-electron chi connectivity index (χ1n) is 7.53. The van der Waals surface area contributed by atoms with E-state index in [1.807, 2.05) is 54.6 Å². The van der Waals surface area contributed by atoms with Gasteiger partial charge in [0.25, 0.3) is 0 Å². The zero-order chi connectivity index (χ0) is 16.5. The summed E-state index contributed by atoms with van der Waals surface area (Å²) in [6.07, 6.45) is 3.25. The van der Waals surface area contributed by atoms with Crippen LogP contribution >= 0.6 is 0 Å². The van der Waals surface area contributed by atoms with Gasteiger partial charge < -0.3 is 14.8 Å². The number of carbonyl (C=O) groups is 1. The van der Waals surface area contributed by atoms with E-state index in [1.165, 1.54) is 6.08 Å². The van der Waals surface area contributed by atoms with Crippen LogP contribution in [0.5, 0.6) is 5.75 Å². The van der Waals surface area contributed by atoms with Crippen LogP contribution in [0.1, 0.15) is 18.5 Å². The molecule has 0 fully saturated rings. The highest BCUT2D eigenvalue weighted by atomic mass is 16.5. The van der Waals surface area contributed by atoms with Crippen LogP contribution in [0.4, 0.5) is 5.69 Å². The molecule has 2 rings (SSSR count). The summed E-state index contributed by atoms with van der Waals surface area (Å²) in [7, 11) is 1.63. The number of rotatable bonds is 7. The van der Waals surface area contributed by atoms with Crippen molar-refractivity contribution in [2.24, 2.45) is 0 Å². The molecule has 4 heteroatoms. The zero-order valence-electron chi connectivity index (χ0n) is 13.4. The second-order valence-corrected chi connectivity index (χ2v) is 4.87. The van der Waals surface area contributed by atoms with E-state index in [0.717, 1.165) is 17.0 Å². The summed E-state index contributed by atoms with van der Waals surface area (Å²) >= 11 is 0. The van der Waals surface area contributed by atoms with Crippen molar-refractivity contribution in [3.8, 4) is 5.75 Å². The lowest BCUT2D eigenvalue weighted by Gasteiger charge is -2.17. The van der Waals surface area contributed by atoms with Crippen LogP contribution in [0.2, 0.25) is 0 Å². The molecule has 0 saturated carbocycles. The van der Waals surface area contributed by atoms with E-state index < -0.39 is 0 Å². The lowest BCUT2D eigenvalue weighted by Crippen LogP contribution is -2.09. The van der Waals surface area contributed by atoms with Gasteiger partial charge in [0.1, 0.15) is 5.75 Å². The number of methoxy groups -OCH3 is 1. The van der Waals surface area contributed by atoms with Crippen LogP contribution in [-0.2, 0) is 9.53 Å². The Morgan fingerprint density at radius 3 is 2.43 bits per heavy atom. The molecular weight excluding hydrogens is 290 g/mol. The van der Waals surface area contributed by atoms with Crippen LogP contribution in [0.25, 0.3) is 0 Å². The van der Waals surface area contributed by atoms with E-state index in [4.69, 9.17) is 9.47 Å². The molecule has 23 heavy (non-hydrogen) atoms. The number of ether oxygens (including phenoxy) is 2. The monoisotopic (exact) mass is 311 g/mol. The number of benzene rings is 2. The standard InChI is InChI=1S/C19H21NO3/c1-3-23-19(21)14-13-18(20-16-7-5-4-6-8-16)15-9-11-17(22-2)12-10-15/h4-14,18,20H,3H2,1-2H3/b14-13+. The first-order valence-corrected chi connectivity index (χ1v) is 7.53. The maximum Gasteiger partial charge on any atom is 0.330 e. The number of nitrogens with one attached hydrogen (secondary N) is 1. The molecule has 0 aliphatic carbocycles. The molecule has 1 unspecified atom stereocenters. The van der Waals surface area contributed by atoms with Gasteiger partial charge in [-0.2, -0.15) is 0 Å². The number of hydrogen-bond acceptors (Lipinski definition) is 4. The summed E-state index contributed by atoms with van der Waals surface area (Å²) < 4.78 is 10.1. The molecule has 0 radical (unpaired) electrons. The molecule has 0 spiro atoms. The average molecular weight is 311 g/mol. The molecule has 0 bridgehead atoms. The Morgan fingerprint density at radius 2 is 1.83 bits per heavy atom. The molecule has 1 atom stereocenters. The maximum absolute atomic E-state index is 11.6. The SMILES string of the molecule is CCOC(=O)/C=C/C(Nc1ccccc1)c1ccc(OC)cc1. The largest absolute Gasteiger partial charge is 0.497 e. The average Bonchev–Trinajstić information content (AvgIpc) is 2.60. The molecule has 0 aromatic heterocycles. The summed E-state index contributed by atoms with van der Waals surface area (Å²) in [5, 5.41) is 3.39. The Labute approximate surface area is 136 Å². The molecule has 0 amide bonds. The second-order valence-electron chi connectivity index (χ2n) is 4.87. The van der Waals surface area contributed by atoms with Gasteiger partial charge in [0, 0.05) is 11.8 Å². The first kappa shape index (κ1) is 16.6. The fourth-order valence-corrected chi connectivity index (χ4v) is 2.13. The molecular formula is C19H21NO3. The number of para-hydroxylation sites is 1. The van der Waals surface area contributed by atoms with Crippen LogP contribution in [0.3, 0.4) is 0 Å². The van der Waals surface area contributed by atoms with Crippen LogP contribution in [0.15, 0.2) is 66.7 Å². The Hall–Kier alpha value is -2.75. The van der Waals surface area contributed by atoms with Crippen molar-refractivity contribution in [2.45, 2.75) is 13.0 Å². The smallest absolute Gasteiger partial charge is 0.330 e. The van der Waals surface area contributed by atoms with Crippen LogP contribution in [-0.4, -0.2) is 19.7 Å². The first-order chi connectivity index (χ1) is 11.2. The van der Waals surface area contributed by atoms with Crippen molar-refractivity contribution >= 4 is 11.7 Å². The molecule has 4 nitrogen and oxygen atoms in total. The highest BCUT2D eigenvalue weighted by Gasteiger charge is 2.09. The van der Waals surface area contributed by atoms with Gasteiger partial charge in [0.05, 0.1) is 19.8 Å². The number of carbonyl (C=O) groups excluding carboxylic acids is 1. The summed E-state index contributed by atoms with van der Waals surface area (Å²) in [6, 6.07) is 17.4. The Morgan fingerprint density at radius 1 is 1.13 bits per heavy atom. The van der Waals surface area contributed by atoms with E-state index >= 15 is 0 Å². The molecule has 2 aromatic carbocycles. The summed E-state index contributed by atoms with van der Waals surface area (Å²) in [6.45, 7) is 2.15. The van der Waals surface area contributed by atoms with Crippen molar-refractivity contribution in [3.05, 3.63) is 72.3 Å². The Kier molecular flexibility index (Phi) is 6.24. The van der Waals surface area contributed by atoms with Crippen molar-refractivity contribution in [2.75, 3.05) is 19.0 Å². The van der Waals surface area contributed by atoms with Crippen molar-refractivity contribution in [3.63, 3.8) is 0 Å². The molecule has 120 valence electrons. The van der Waals surface area contributed by atoms with E-state index in [9.17, 15) is 4.79 Å². The van der Waals surface area contributed by atoms with Crippen LogP contribution < -0.4 is 10.1 Å². The molecule has 0 aliphatic rings. The highest BCUT2D eigenvalue weighted by molar-refractivity contribution is 5.82. The van der Waals surface area contributed by atoms with Gasteiger partial charge in [-0.3, -0.25) is 0 Å². The second kappa shape index (κ2) is 8.63. The minimum atomic E-state index is -0.346. The quantitative estimate of drug-likeness (QED) is 0.621. The van der Waals surface area contributed by atoms with Crippen molar-refractivity contribution in [1.29, 1.82) is 0 Å². The third kappa shape index (κ3) is 5.18.